The standard InChI is InChI=1S/C19H20OS/c1-13-9-10-14-5-2-3-8-18(14)19(13)15-11-16-6-4-7-17(12-15)21(16)20/h2-3,5,8-11,16-17H,4,6-7,12H2,1H3. The molecule has 3 unspecified atom stereocenters. The highest BCUT2D eigenvalue weighted by atomic mass is 32.2. The normalized spacial score (nSPS) is 28.4. The van der Waals surface area contributed by atoms with Crippen molar-refractivity contribution < 1.29 is 4.21 Å². The summed E-state index contributed by atoms with van der Waals surface area (Å²) in [7, 11) is -0.647. The van der Waals surface area contributed by atoms with Crippen molar-refractivity contribution in [2.45, 2.75) is 43.1 Å². The number of fused-ring (bicyclic) bond motifs is 3. The van der Waals surface area contributed by atoms with Crippen LogP contribution < -0.4 is 0 Å². The van der Waals surface area contributed by atoms with E-state index in [4.69, 9.17) is 0 Å². The van der Waals surface area contributed by atoms with Crippen LogP contribution in [0.3, 0.4) is 0 Å². The predicted octanol–water partition coefficient (Wildman–Crippen LogP) is 4.61. The van der Waals surface area contributed by atoms with Gasteiger partial charge in [0, 0.05) is 16.0 Å². The maximum atomic E-state index is 12.4. The first-order chi connectivity index (χ1) is 10.2. The van der Waals surface area contributed by atoms with E-state index in [1.54, 1.807) is 0 Å². The Morgan fingerprint density at radius 2 is 1.95 bits per heavy atom. The second-order valence-electron chi connectivity index (χ2n) is 6.29. The Kier molecular flexibility index (Phi) is 3.22. The molecule has 4 rings (SSSR count). The molecule has 1 nitrogen and oxygen atoms in total. The minimum Gasteiger partial charge on any atom is -0.259 e. The van der Waals surface area contributed by atoms with Gasteiger partial charge in [-0.3, -0.25) is 4.21 Å². The van der Waals surface area contributed by atoms with Crippen molar-refractivity contribution in [2.75, 3.05) is 0 Å². The summed E-state index contributed by atoms with van der Waals surface area (Å²) in [5, 5.41) is 3.30. The zero-order chi connectivity index (χ0) is 14.4. The van der Waals surface area contributed by atoms with E-state index in [0.29, 0.717) is 5.25 Å². The van der Waals surface area contributed by atoms with Crippen LogP contribution in [-0.4, -0.2) is 14.7 Å². The molecule has 0 saturated carbocycles. The molecule has 2 bridgehead atoms. The fourth-order valence-electron chi connectivity index (χ4n) is 3.89. The predicted molar refractivity (Wildman–Crippen MR) is 90.8 cm³/mol. The average molecular weight is 296 g/mol. The van der Waals surface area contributed by atoms with Crippen molar-refractivity contribution in [3.8, 4) is 0 Å². The SMILES string of the molecule is Cc1ccc2ccccc2c1C1=CC2CCCC(C1)S2=O. The topological polar surface area (TPSA) is 17.1 Å². The molecule has 2 aromatic carbocycles. The van der Waals surface area contributed by atoms with Crippen molar-refractivity contribution >= 4 is 27.1 Å². The molecule has 0 amide bonds. The van der Waals surface area contributed by atoms with Crippen LogP contribution in [0.25, 0.3) is 16.3 Å². The van der Waals surface area contributed by atoms with Crippen LogP contribution in [-0.2, 0) is 10.8 Å². The first kappa shape index (κ1) is 13.3. The van der Waals surface area contributed by atoms with Crippen LogP contribution in [0.2, 0.25) is 0 Å². The van der Waals surface area contributed by atoms with E-state index in [-0.39, 0.29) is 5.25 Å². The first-order valence-corrected chi connectivity index (χ1v) is 9.10. The lowest BCUT2D eigenvalue weighted by molar-refractivity contribution is 0.579. The van der Waals surface area contributed by atoms with E-state index in [2.05, 4.69) is 49.4 Å². The third-order valence-electron chi connectivity index (χ3n) is 4.93. The number of allylic oxidation sites excluding steroid dienone is 1. The average Bonchev–Trinajstić information content (AvgIpc) is 2.47. The van der Waals surface area contributed by atoms with Crippen molar-refractivity contribution in [1.29, 1.82) is 0 Å². The molecule has 1 saturated heterocycles. The molecular formula is C19H20OS. The van der Waals surface area contributed by atoms with Gasteiger partial charge in [0.25, 0.3) is 0 Å². The highest BCUT2D eigenvalue weighted by Gasteiger charge is 2.34. The number of benzene rings is 2. The Morgan fingerprint density at radius 3 is 2.81 bits per heavy atom. The summed E-state index contributed by atoms with van der Waals surface area (Å²) >= 11 is 0. The van der Waals surface area contributed by atoms with Gasteiger partial charge in [-0.2, -0.15) is 0 Å². The second kappa shape index (κ2) is 5.10. The summed E-state index contributed by atoms with van der Waals surface area (Å²) in [6, 6.07) is 13.0. The molecule has 0 radical (unpaired) electrons. The summed E-state index contributed by atoms with van der Waals surface area (Å²) in [6.45, 7) is 2.20. The largest absolute Gasteiger partial charge is 0.259 e. The minimum atomic E-state index is -0.647. The molecule has 2 heteroatoms. The molecule has 0 N–H and O–H groups in total. The van der Waals surface area contributed by atoms with Gasteiger partial charge in [0.05, 0.1) is 5.25 Å². The highest BCUT2D eigenvalue weighted by Crippen LogP contribution is 2.40. The second-order valence-corrected chi connectivity index (χ2v) is 8.22. The Morgan fingerprint density at radius 1 is 1.10 bits per heavy atom. The van der Waals surface area contributed by atoms with E-state index in [1.165, 1.54) is 33.9 Å². The quantitative estimate of drug-likeness (QED) is 0.751. The molecular weight excluding hydrogens is 276 g/mol. The van der Waals surface area contributed by atoms with Crippen molar-refractivity contribution in [1.82, 2.24) is 0 Å². The van der Waals surface area contributed by atoms with E-state index in [9.17, 15) is 4.21 Å². The van der Waals surface area contributed by atoms with Gasteiger partial charge in [-0.05, 0) is 53.7 Å². The van der Waals surface area contributed by atoms with Crippen LogP contribution in [0.15, 0.2) is 42.5 Å². The number of hydrogen-bond acceptors (Lipinski definition) is 1. The molecule has 1 fully saturated rings. The Labute approximate surface area is 128 Å². The molecule has 3 atom stereocenters. The van der Waals surface area contributed by atoms with Gasteiger partial charge < -0.3 is 0 Å². The molecule has 2 aliphatic rings. The zero-order valence-corrected chi connectivity index (χ0v) is 13.2. The molecule has 21 heavy (non-hydrogen) atoms. The van der Waals surface area contributed by atoms with E-state index >= 15 is 0 Å². The Bertz CT molecular complexity index is 759. The molecule has 2 aromatic rings. The minimum absolute atomic E-state index is 0.283. The first-order valence-electron chi connectivity index (χ1n) is 7.83. The van der Waals surface area contributed by atoms with Gasteiger partial charge in [-0.15, -0.1) is 0 Å². The third kappa shape index (κ3) is 2.17. The summed E-state index contributed by atoms with van der Waals surface area (Å²) in [6.07, 6.45) is 6.76. The van der Waals surface area contributed by atoms with Gasteiger partial charge in [-0.25, -0.2) is 0 Å². The lowest BCUT2D eigenvalue weighted by atomic mass is 9.88. The van der Waals surface area contributed by atoms with Gasteiger partial charge >= 0.3 is 0 Å². The number of aryl methyl sites for hydroxylation is 1. The van der Waals surface area contributed by atoms with E-state index < -0.39 is 10.8 Å². The number of hydrogen-bond donors (Lipinski definition) is 0. The van der Waals surface area contributed by atoms with Crippen LogP contribution in [0, 0.1) is 6.92 Å². The van der Waals surface area contributed by atoms with Crippen LogP contribution >= 0.6 is 0 Å². The van der Waals surface area contributed by atoms with Gasteiger partial charge in [0.15, 0.2) is 0 Å². The fraction of sp³-hybridized carbons (Fsp3) is 0.368. The highest BCUT2D eigenvalue weighted by molar-refractivity contribution is 7.86. The third-order valence-corrected chi connectivity index (χ3v) is 6.96. The van der Waals surface area contributed by atoms with Gasteiger partial charge in [0.2, 0.25) is 0 Å². The van der Waals surface area contributed by atoms with Crippen molar-refractivity contribution in [3.63, 3.8) is 0 Å². The molecule has 2 aliphatic heterocycles. The Hall–Kier alpha value is -1.41. The van der Waals surface area contributed by atoms with Gasteiger partial charge in [0.1, 0.15) is 0 Å². The summed E-state index contributed by atoms with van der Waals surface area (Å²) < 4.78 is 12.4. The monoisotopic (exact) mass is 296 g/mol. The molecule has 2 heterocycles. The molecule has 0 spiro atoms. The summed E-state index contributed by atoms with van der Waals surface area (Å²) in [5.41, 5.74) is 4.16. The van der Waals surface area contributed by atoms with Crippen molar-refractivity contribution in [3.05, 3.63) is 53.6 Å². The fourth-order valence-corrected chi connectivity index (χ4v) is 5.83. The zero-order valence-electron chi connectivity index (χ0n) is 12.3. The van der Waals surface area contributed by atoms with Crippen molar-refractivity contribution in [2.24, 2.45) is 0 Å². The molecule has 108 valence electrons. The van der Waals surface area contributed by atoms with Crippen LogP contribution in [0.5, 0.6) is 0 Å². The van der Waals surface area contributed by atoms with E-state index in [1.807, 2.05) is 0 Å². The van der Waals surface area contributed by atoms with Gasteiger partial charge in [-0.1, -0.05) is 48.9 Å². The lowest BCUT2D eigenvalue weighted by Crippen LogP contribution is -2.33. The molecule has 0 aliphatic carbocycles. The maximum absolute atomic E-state index is 12.4. The lowest BCUT2D eigenvalue weighted by Gasteiger charge is -2.33. The summed E-state index contributed by atoms with van der Waals surface area (Å²) in [5.74, 6) is 0. The van der Waals surface area contributed by atoms with Crippen LogP contribution in [0.1, 0.15) is 36.8 Å². The molecule has 0 aromatic heterocycles. The maximum Gasteiger partial charge on any atom is 0.0536 e. The summed E-state index contributed by atoms with van der Waals surface area (Å²) in [4.78, 5) is 0. The smallest absolute Gasteiger partial charge is 0.0536 e. The number of rotatable bonds is 1. The van der Waals surface area contributed by atoms with Crippen LogP contribution in [0.4, 0.5) is 0 Å². The van der Waals surface area contributed by atoms with E-state index in [0.717, 1.165) is 19.3 Å². The Balaban J connectivity index is 1.91.